The summed E-state index contributed by atoms with van der Waals surface area (Å²) < 4.78 is 35.6. The van der Waals surface area contributed by atoms with Crippen LogP contribution in [0.5, 0.6) is 0 Å². The summed E-state index contributed by atoms with van der Waals surface area (Å²) in [6.45, 7) is 5.30. The number of sulfonamides is 1. The van der Waals surface area contributed by atoms with E-state index in [1.54, 1.807) is 23.8 Å². The smallest absolute Gasteiger partial charge is 0.345 e. The maximum absolute atomic E-state index is 13.0. The highest BCUT2D eigenvalue weighted by Gasteiger charge is 2.32. The zero-order valence-electron chi connectivity index (χ0n) is 18.1. The number of benzene rings is 1. The first kappa shape index (κ1) is 23.2. The molecule has 1 aromatic carbocycles. The van der Waals surface area contributed by atoms with Crippen LogP contribution in [0.3, 0.4) is 0 Å². The first-order chi connectivity index (χ1) is 14.8. The van der Waals surface area contributed by atoms with Gasteiger partial charge in [-0.15, -0.1) is 0 Å². The highest BCUT2D eigenvalue weighted by Crippen LogP contribution is 2.29. The molecule has 2 heterocycles. The van der Waals surface area contributed by atoms with Crippen molar-refractivity contribution in [3.63, 3.8) is 0 Å². The van der Waals surface area contributed by atoms with E-state index >= 15 is 0 Å². The second kappa shape index (κ2) is 9.75. The molecule has 0 aliphatic carbocycles. The van der Waals surface area contributed by atoms with Crippen LogP contribution < -0.4 is 11.0 Å². The summed E-state index contributed by atoms with van der Waals surface area (Å²) in [6.07, 6.45) is 1.17. The average Bonchev–Trinajstić information content (AvgIpc) is 3.07. The zero-order valence-corrected chi connectivity index (χ0v) is 18.9. The second-order valence-electron chi connectivity index (χ2n) is 7.48. The number of nitrogens with one attached hydrogen (secondary N) is 1. The second-order valence-corrected chi connectivity index (χ2v) is 9.42. The van der Waals surface area contributed by atoms with Crippen molar-refractivity contribution in [1.82, 2.24) is 18.7 Å². The minimum Gasteiger partial charge on any atom is -0.383 e. The van der Waals surface area contributed by atoms with E-state index in [9.17, 15) is 18.0 Å². The molecule has 11 heteroatoms. The topological polar surface area (TPSA) is 116 Å². The number of hydrogen-bond donors (Lipinski definition) is 1. The largest absolute Gasteiger partial charge is 0.383 e. The Balaban J connectivity index is 1.71. The molecule has 1 aliphatic heterocycles. The van der Waals surface area contributed by atoms with Crippen molar-refractivity contribution in [2.75, 3.05) is 32.1 Å². The number of anilines is 1. The molecule has 1 N–H and O–H groups in total. The molecule has 10 nitrogen and oxygen atoms in total. The molecule has 1 saturated heterocycles. The molecule has 2 aromatic rings. The third-order valence-electron chi connectivity index (χ3n) is 5.41. The van der Waals surface area contributed by atoms with Crippen molar-refractivity contribution in [2.24, 2.45) is 0 Å². The number of ether oxygens (including phenoxy) is 1. The first-order valence-corrected chi connectivity index (χ1v) is 11.8. The average molecular weight is 452 g/mol. The van der Waals surface area contributed by atoms with Crippen molar-refractivity contribution < 1.29 is 17.9 Å². The van der Waals surface area contributed by atoms with Gasteiger partial charge in [-0.1, -0.05) is 0 Å². The number of piperidine rings is 1. The van der Waals surface area contributed by atoms with Gasteiger partial charge in [0.25, 0.3) is 0 Å². The fraction of sp³-hybridized carbons (Fsp3) is 0.550. The van der Waals surface area contributed by atoms with Gasteiger partial charge < -0.3 is 10.1 Å². The van der Waals surface area contributed by atoms with Gasteiger partial charge >= 0.3 is 5.69 Å². The number of methoxy groups -OCH3 is 1. The highest BCUT2D eigenvalue weighted by atomic mass is 32.2. The molecule has 0 spiro atoms. The summed E-state index contributed by atoms with van der Waals surface area (Å²) in [5, 5.41) is 7.13. The van der Waals surface area contributed by atoms with E-state index < -0.39 is 10.0 Å². The van der Waals surface area contributed by atoms with E-state index in [1.807, 2.05) is 6.92 Å². The summed E-state index contributed by atoms with van der Waals surface area (Å²) in [5.41, 5.74) is 0.385. The Labute approximate surface area is 181 Å². The number of hydrogen-bond acceptors (Lipinski definition) is 6. The predicted molar refractivity (Wildman–Crippen MR) is 116 cm³/mol. The van der Waals surface area contributed by atoms with E-state index in [4.69, 9.17) is 4.74 Å². The maximum atomic E-state index is 13.0. The van der Waals surface area contributed by atoms with Crippen LogP contribution in [-0.4, -0.2) is 59.8 Å². The molecule has 3 rings (SSSR count). The first-order valence-electron chi connectivity index (χ1n) is 10.3. The number of rotatable bonds is 8. The van der Waals surface area contributed by atoms with E-state index in [-0.39, 0.29) is 22.4 Å². The fourth-order valence-electron chi connectivity index (χ4n) is 3.80. The van der Waals surface area contributed by atoms with Gasteiger partial charge in [0.05, 0.1) is 18.0 Å². The fourth-order valence-corrected chi connectivity index (χ4v) is 5.27. The van der Waals surface area contributed by atoms with Crippen LogP contribution in [-0.2, 0) is 32.6 Å². The SMILES string of the molecule is CCn1c(C2CCN(S(=O)(=O)c3ccc(NC(C)=O)cc3)CC2)nn(CCOC)c1=O. The Hall–Kier alpha value is -2.50. The number of nitrogens with zero attached hydrogens (tertiary/aromatic N) is 4. The van der Waals surface area contributed by atoms with Crippen LogP contribution in [0.2, 0.25) is 0 Å². The van der Waals surface area contributed by atoms with Gasteiger partial charge in [0, 0.05) is 45.3 Å². The summed E-state index contributed by atoms with van der Waals surface area (Å²) >= 11 is 0. The monoisotopic (exact) mass is 451 g/mol. The Kier molecular flexibility index (Phi) is 7.29. The minimum absolute atomic E-state index is 0.0186. The van der Waals surface area contributed by atoms with Gasteiger partial charge in [0.2, 0.25) is 15.9 Å². The Morgan fingerprint density at radius 1 is 1.23 bits per heavy atom. The highest BCUT2D eigenvalue weighted by molar-refractivity contribution is 7.89. The van der Waals surface area contributed by atoms with Crippen LogP contribution >= 0.6 is 0 Å². The summed E-state index contributed by atoms with van der Waals surface area (Å²) in [6, 6.07) is 6.15. The minimum atomic E-state index is -3.63. The van der Waals surface area contributed by atoms with E-state index in [0.29, 0.717) is 57.1 Å². The van der Waals surface area contributed by atoms with Crippen molar-refractivity contribution in [1.29, 1.82) is 0 Å². The standard InChI is InChI=1S/C20H29N5O5S/c1-4-24-19(22-25(20(24)27)13-14-30-3)16-9-11-23(12-10-16)31(28,29)18-7-5-17(6-8-18)21-15(2)26/h5-8,16H,4,9-14H2,1-3H3,(H,21,26). The molecule has 0 saturated carbocycles. The van der Waals surface area contributed by atoms with Gasteiger partial charge in [-0.25, -0.2) is 17.9 Å². The Morgan fingerprint density at radius 3 is 2.42 bits per heavy atom. The molecule has 170 valence electrons. The van der Waals surface area contributed by atoms with Gasteiger partial charge in [-0.2, -0.15) is 9.40 Å². The lowest BCUT2D eigenvalue weighted by atomic mass is 9.97. The molecule has 1 amide bonds. The third kappa shape index (κ3) is 5.05. The molecular weight excluding hydrogens is 422 g/mol. The van der Waals surface area contributed by atoms with Crippen molar-refractivity contribution in [3.8, 4) is 0 Å². The van der Waals surface area contributed by atoms with E-state index in [0.717, 1.165) is 0 Å². The van der Waals surface area contributed by atoms with Gasteiger partial charge in [-0.3, -0.25) is 9.36 Å². The van der Waals surface area contributed by atoms with Gasteiger partial charge in [0.1, 0.15) is 5.82 Å². The van der Waals surface area contributed by atoms with E-state index in [1.165, 1.54) is 28.0 Å². The molecule has 0 atom stereocenters. The molecule has 31 heavy (non-hydrogen) atoms. The lowest BCUT2D eigenvalue weighted by Crippen LogP contribution is -2.38. The molecule has 1 aromatic heterocycles. The molecule has 0 radical (unpaired) electrons. The molecule has 0 unspecified atom stereocenters. The molecule has 1 fully saturated rings. The molecule has 1 aliphatic rings. The number of amides is 1. The number of aromatic nitrogens is 3. The summed E-state index contributed by atoms with van der Waals surface area (Å²) in [4.78, 5) is 23.9. The van der Waals surface area contributed by atoms with Gasteiger partial charge in [0.15, 0.2) is 0 Å². The van der Waals surface area contributed by atoms with Crippen molar-refractivity contribution in [3.05, 3.63) is 40.6 Å². The van der Waals surface area contributed by atoms with Crippen molar-refractivity contribution >= 4 is 21.6 Å². The lowest BCUT2D eigenvalue weighted by Gasteiger charge is -2.30. The van der Waals surface area contributed by atoms with Crippen LogP contribution in [0.1, 0.15) is 38.4 Å². The summed E-state index contributed by atoms with van der Waals surface area (Å²) in [7, 11) is -2.06. The van der Waals surface area contributed by atoms with Gasteiger partial charge in [-0.05, 0) is 44.0 Å². The summed E-state index contributed by atoms with van der Waals surface area (Å²) in [5.74, 6) is 0.512. The van der Waals surface area contributed by atoms with Crippen LogP contribution in [0, 0.1) is 0 Å². The van der Waals surface area contributed by atoms with Crippen LogP contribution in [0.4, 0.5) is 5.69 Å². The quantitative estimate of drug-likeness (QED) is 0.646. The zero-order chi connectivity index (χ0) is 22.6. The predicted octanol–water partition coefficient (Wildman–Crippen LogP) is 1.24. The Bertz CT molecular complexity index is 1070. The Morgan fingerprint density at radius 2 is 1.87 bits per heavy atom. The number of carbonyl (C=O) groups is 1. The van der Waals surface area contributed by atoms with Crippen molar-refractivity contribution in [2.45, 2.75) is 50.6 Å². The van der Waals surface area contributed by atoms with Crippen LogP contribution in [0.15, 0.2) is 34.0 Å². The molecule has 0 bridgehead atoms. The molecular formula is C20H29N5O5S. The maximum Gasteiger partial charge on any atom is 0.345 e. The van der Waals surface area contributed by atoms with Crippen LogP contribution in [0.25, 0.3) is 0 Å². The normalized spacial score (nSPS) is 15.8. The lowest BCUT2D eigenvalue weighted by molar-refractivity contribution is -0.114. The number of carbonyl (C=O) groups excluding carboxylic acids is 1. The van der Waals surface area contributed by atoms with E-state index in [2.05, 4.69) is 10.4 Å². The third-order valence-corrected chi connectivity index (χ3v) is 7.32.